The molecular weight excluding hydrogens is 554 g/mol. The van der Waals surface area contributed by atoms with E-state index in [4.69, 9.17) is 4.74 Å². The molecule has 0 spiro atoms. The SMILES string of the molecule is CCC1CCC(C(=O)Nc2ccc(C)c(OC)c2)CC1.CCc1c(Br)cc(NCC2CCCN2)cc1C(C)=O. The van der Waals surface area contributed by atoms with E-state index in [1.54, 1.807) is 14.0 Å². The summed E-state index contributed by atoms with van der Waals surface area (Å²) in [7, 11) is 1.65. The van der Waals surface area contributed by atoms with E-state index in [1.807, 2.05) is 31.2 Å². The number of hydrogen-bond acceptors (Lipinski definition) is 5. The second-order valence-corrected chi connectivity index (χ2v) is 11.7. The van der Waals surface area contributed by atoms with Crippen molar-refractivity contribution in [2.24, 2.45) is 11.8 Å². The minimum absolute atomic E-state index is 0.125. The zero-order valence-corrected chi connectivity index (χ0v) is 25.9. The van der Waals surface area contributed by atoms with Crippen LogP contribution in [0.5, 0.6) is 5.75 Å². The second-order valence-electron chi connectivity index (χ2n) is 10.9. The number of ketones is 1. The van der Waals surface area contributed by atoms with Crippen LogP contribution in [0.2, 0.25) is 0 Å². The lowest BCUT2D eigenvalue weighted by molar-refractivity contribution is -0.121. The van der Waals surface area contributed by atoms with E-state index in [2.05, 4.69) is 51.8 Å². The molecule has 3 N–H and O–H groups in total. The quantitative estimate of drug-likeness (QED) is 0.259. The van der Waals surface area contributed by atoms with E-state index in [0.29, 0.717) is 6.04 Å². The number of amides is 1. The minimum Gasteiger partial charge on any atom is -0.496 e. The Labute approximate surface area is 243 Å². The highest BCUT2D eigenvalue weighted by atomic mass is 79.9. The van der Waals surface area contributed by atoms with Crippen molar-refractivity contribution in [3.8, 4) is 5.75 Å². The zero-order valence-electron chi connectivity index (χ0n) is 24.3. The Morgan fingerprint density at radius 2 is 1.79 bits per heavy atom. The van der Waals surface area contributed by atoms with Gasteiger partial charge in [0.25, 0.3) is 0 Å². The predicted molar refractivity (Wildman–Crippen MR) is 165 cm³/mol. The summed E-state index contributed by atoms with van der Waals surface area (Å²) >= 11 is 3.57. The molecule has 2 aromatic rings. The summed E-state index contributed by atoms with van der Waals surface area (Å²) < 4.78 is 6.31. The molecule has 1 heterocycles. The lowest BCUT2D eigenvalue weighted by Gasteiger charge is -2.27. The molecule has 1 atom stereocenters. The third kappa shape index (κ3) is 9.07. The molecule has 1 saturated heterocycles. The van der Waals surface area contributed by atoms with Gasteiger partial charge in [0.1, 0.15) is 5.75 Å². The standard InChI is InChI=1S/C17H25NO2.C15H21BrN2O/c1-4-13-6-8-14(9-7-13)17(19)18-15-10-5-12(2)16(11-15)20-3;1-3-13-14(10(2)19)7-12(8-15(13)16)18-9-11-5-4-6-17-11/h5,10-11,13-14H,4,6-9H2,1-3H3,(H,18,19);7-8,11,17-18H,3-6,9H2,1-2H3. The number of rotatable bonds is 9. The Bertz CT molecular complexity index is 1110. The smallest absolute Gasteiger partial charge is 0.227 e. The molecule has 2 fully saturated rings. The molecule has 1 saturated carbocycles. The number of anilines is 2. The zero-order chi connectivity index (χ0) is 28.4. The summed E-state index contributed by atoms with van der Waals surface area (Å²) in [6.07, 6.45) is 8.99. The number of aryl methyl sites for hydroxylation is 1. The van der Waals surface area contributed by atoms with Gasteiger partial charge in [0, 0.05) is 46.0 Å². The third-order valence-corrected chi connectivity index (χ3v) is 8.82. The van der Waals surface area contributed by atoms with Gasteiger partial charge < -0.3 is 20.7 Å². The number of carbonyl (C=O) groups excluding carboxylic acids is 2. The lowest BCUT2D eigenvalue weighted by Crippen LogP contribution is -2.29. The largest absolute Gasteiger partial charge is 0.496 e. The molecule has 0 bridgehead atoms. The van der Waals surface area contributed by atoms with Crippen LogP contribution in [0.4, 0.5) is 11.4 Å². The summed E-state index contributed by atoms with van der Waals surface area (Å²) in [5, 5.41) is 9.92. The molecule has 2 aliphatic rings. The number of methoxy groups -OCH3 is 1. The highest BCUT2D eigenvalue weighted by molar-refractivity contribution is 9.10. The second kappa shape index (κ2) is 15.4. The summed E-state index contributed by atoms with van der Waals surface area (Å²) in [4.78, 5) is 24.0. The van der Waals surface area contributed by atoms with Crippen molar-refractivity contribution in [2.75, 3.05) is 30.8 Å². The molecule has 0 aromatic heterocycles. The molecule has 1 amide bonds. The first-order valence-corrected chi connectivity index (χ1v) is 15.3. The summed E-state index contributed by atoms with van der Waals surface area (Å²) in [6.45, 7) is 9.96. The number of ether oxygens (including phenoxy) is 1. The van der Waals surface area contributed by atoms with E-state index in [0.717, 1.165) is 76.6 Å². The van der Waals surface area contributed by atoms with Crippen molar-refractivity contribution >= 4 is 39.0 Å². The number of carbonyl (C=O) groups is 2. The van der Waals surface area contributed by atoms with Gasteiger partial charge in [-0.15, -0.1) is 0 Å². The highest BCUT2D eigenvalue weighted by Gasteiger charge is 2.25. The van der Waals surface area contributed by atoms with E-state index in [9.17, 15) is 9.59 Å². The third-order valence-electron chi connectivity index (χ3n) is 8.11. The highest BCUT2D eigenvalue weighted by Crippen LogP contribution is 2.32. The van der Waals surface area contributed by atoms with Gasteiger partial charge in [0.2, 0.25) is 5.91 Å². The number of halogens is 1. The summed E-state index contributed by atoms with van der Waals surface area (Å²) in [5.41, 5.74) is 4.84. The Hall–Kier alpha value is -2.38. The lowest BCUT2D eigenvalue weighted by atomic mass is 9.80. The number of Topliss-reactive ketones (excluding diaryl/α,β-unsaturated/α-hetero) is 1. The number of benzene rings is 2. The van der Waals surface area contributed by atoms with Crippen LogP contribution in [0.3, 0.4) is 0 Å². The average Bonchev–Trinajstić information content (AvgIpc) is 3.47. The van der Waals surface area contributed by atoms with Crippen LogP contribution in [-0.2, 0) is 11.2 Å². The van der Waals surface area contributed by atoms with Crippen LogP contribution in [-0.4, -0.2) is 37.9 Å². The molecule has 1 unspecified atom stereocenters. The number of hydrogen-bond donors (Lipinski definition) is 3. The fraction of sp³-hybridized carbons (Fsp3) is 0.562. The van der Waals surface area contributed by atoms with Gasteiger partial charge in [0.05, 0.1) is 7.11 Å². The summed E-state index contributed by atoms with van der Waals surface area (Å²) in [6, 6.07) is 10.4. The van der Waals surface area contributed by atoms with Crippen LogP contribution in [0.25, 0.3) is 0 Å². The fourth-order valence-electron chi connectivity index (χ4n) is 5.56. The molecular formula is C32H46BrN3O3. The van der Waals surface area contributed by atoms with Gasteiger partial charge in [-0.05, 0) is 101 Å². The maximum atomic E-state index is 12.3. The Balaban J connectivity index is 0.000000216. The molecule has 1 aliphatic heterocycles. The minimum atomic E-state index is 0.125. The van der Waals surface area contributed by atoms with Gasteiger partial charge in [-0.1, -0.05) is 42.3 Å². The first kappa shape index (κ1) is 31.2. The van der Waals surface area contributed by atoms with Crippen LogP contribution in [0.1, 0.15) is 87.2 Å². The van der Waals surface area contributed by atoms with Gasteiger partial charge in [-0.3, -0.25) is 9.59 Å². The maximum Gasteiger partial charge on any atom is 0.227 e. The Morgan fingerprint density at radius 3 is 2.38 bits per heavy atom. The first-order valence-electron chi connectivity index (χ1n) is 14.5. The van der Waals surface area contributed by atoms with Crippen LogP contribution in [0.15, 0.2) is 34.8 Å². The maximum absolute atomic E-state index is 12.3. The van der Waals surface area contributed by atoms with E-state index < -0.39 is 0 Å². The Morgan fingerprint density at radius 1 is 1.05 bits per heavy atom. The van der Waals surface area contributed by atoms with Gasteiger partial charge in [-0.25, -0.2) is 0 Å². The first-order chi connectivity index (χ1) is 18.7. The van der Waals surface area contributed by atoms with E-state index in [-0.39, 0.29) is 17.6 Å². The van der Waals surface area contributed by atoms with Gasteiger partial charge in [-0.2, -0.15) is 0 Å². The average molecular weight is 601 g/mol. The van der Waals surface area contributed by atoms with Crippen LogP contribution >= 0.6 is 15.9 Å². The predicted octanol–water partition coefficient (Wildman–Crippen LogP) is 7.54. The van der Waals surface area contributed by atoms with Crippen molar-refractivity contribution in [1.82, 2.24) is 5.32 Å². The molecule has 0 radical (unpaired) electrons. The van der Waals surface area contributed by atoms with Crippen LogP contribution in [0, 0.1) is 18.8 Å². The molecule has 6 nitrogen and oxygen atoms in total. The fourth-order valence-corrected chi connectivity index (χ4v) is 6.30. The topological polar surface area (TPSA) is 79.5 Å². The number of nitrogens with one attached hydrogen (secondary N) is 3. The van der Waals surface area contributed by atoms with E-state index in [1.165, 1.54) is 32.1 Å². The van der Waals surface area contributed by atoms with Crippen LogP contribution < -0.4 is 20.7 Å². The summed E-state index contributed by atoms with van der Waals surface area (Å²) in [5.74, 6) is 2.09. The van der Waals surface area contributed by atoms with Crippen molar-refractivity contribution < 1.29 is 14.3 Å². The molecule has 214 valence electrons. The molecule has 4 rings (SSSR count). The van der Waals surface area contributed by atoms with Crippen molar-refractivity contribution in [2.45, 2.75) is 85.1 Å². The van der Waals surface area contributed by atoms with Gasteiger partial charge in [0.15, 0.2) is 5.78 Å². The Kier molecular flexibility index (Phi) is 12.3. The van der Waals surface area contributed by atoms with Crippen molar-refractivity contribution in [1.29, 1.82) is 0 Å². The van der Waals surface area contributed by atoms with E-state index >= 15 is 0 Å². The normalized spacial score (nSPS) is 20.5. The van der Waals surface area contributed by atoms with Crippen molar-refractivity contribution in [3.05, 3.63) is 51.5 Å². The molecule has 2 aromatic carbocycles. The van der Waals surface area contributed by atoms with Gasteiger partial charge >= 0.3 is 0 Å². The monoisotopic (exact) mass is 599 g/mol. The molecule has 1 aliphatic carbocycles. The molecule has 7 heteroatoms. The molecule has 39 heavy (non-hydrogen) atoms. The van der Waals surface area contributed by atoms with Crippen molar-refractivity contribution in [3.63, 3.8) is 0 Å².